The zero-order valence-corrected chi connectivity index (χ0v) is 12.3. The lowest BCUT2D eigenvalue weighted by Crippen LogP contribution is -1.97. The third-order valence-corrected chi connectivity index (χ3v) is 4.27. The molecule has 100 valence electrons. The van der Waals surface area contributed by atoms with Crippen molar-refractivity contribution in [3.8, 4) is 10.4 Å². The number of rotatable bonds is 4. The lowest BCUT2D eigenvalue weighted by atomic mass is 10.2. The minimum atomic E-state index is 0.512. The highest BCUT2D eigenvalue weighted by Crippen LogP contribution is 2.28. The molecule has 1 aromatic carbocycles. The van der Waals surface area contributed by atoms with Crippen molar-refractivity contribution in [3.63, 3.8) is 0 Å². The van der Waals surface area contributed by atoms with E-state index in [0.29, 0.717) is 5.15 Å². The van der Waals surface area contributed by atoms with Crippen LogP contribution in [0.3, 0.4) is 0 Å². The molecule has 2 aromatic heterocycles. The monoisotopic (exact) mass is 300 g/mol. The predicted molar refractivity (Wildman–Crippen MR) is 86.3 cm³/mol. The molecule has 0 saturated heterocycles. The first-order valence-electron chi connectivity index (χ1n) is 6.31. The van der Waals surface area contributed by atoms with Crippen molar-refractivity contribution >= 4 is 28.6 Å². The van der Waals surface area contributed by atoms with E-state index in [-0.39, 0.29) is 0 Å². The van der Waals surface area contributed by atoms with Crippen molar-refractivity contribution in [2.75, 3.05) is 5.32 Å². The van der Waals surface area contributed by atoms with Crippen LogP contribution in [0.2, 0.25) is 5.15 Å². The molecule has 3 rings (SSSR count). The number of hydrogen-bond acceptors (Lipinski definition) is 3. The van der Waals surface area contributed by atoms with Crippen LogP contribution in [0.25, 0.3) is 10.4 Å². The molecule has 0 bridgehead atoms. The molecule has 1 N–H and O–H groups in total. The Morgan fingerprint density at radius 3 is 2.60 bits per heavy atom. The summed E-state index contributed by atoms with van der Waals surface area (Å²) < 4.78 is 0. The van der Waals surface area contributed by atoms with Crippen LogP contribution in [0.4, 0.5) is 5.69 Å². The van der Waals surface area contributed by atoms with Crippen molar-refractivity contribution in [3.05, 3.63) is 70.8 Å². The number of hydrogen-bond donors (Lipinski definition) is 1. The molecule has 2 heterocycles. The van der Waals surface area contributed by atoms with Crippen LogP contribution in [0.15, 0.2) is 60.8 Å². The average Bonchev–Trinajstić information content (AvgIpc) is 2.97. The summed E-state index contributed by atoms with van der Waals surface area (Å²) in [6.07, 6.45) is 1.74. The van der Waals surface area contributed by atoms with Crippen molar-refractivity contribution in [2.24, 2.45) is 0 Å². The number of aromatic nitrogens is 1. The maximum Gasteiger partial charge on any atom is 0.129 e. The lowest BCUT2D eigenvalue weighted by Gasteiger charge is -2.03. The zero-order chi connectivity index (χ0) is 13.8. The number of halogens is 1. The average molecular weight is 301 g/mol. The van der Waals surface area contributed by atoms with Crippen LogP contribution in [0, 0.1) is 0 Å². The third-order valence-electron chi connectivity index (χ3n) is 2.91. The Bertz CT molecular complexity index is 677. The quantitative estimate of drug-likeness (QED) is 0.680. The number of thiophene rings is 1. The Morgan fingerprint density at radius 1 is 1.00 bits per heavy atom. The van der Waals surface area contributed by atoms with Gasteiger partial charge < -0.3 is 5.32 Å². The normalized spacial score (nSPS) is 10.4. The van der Waals surface area contributed by atoms with Gasteiger partial charge in [0.05, 0.1) is 11.9 Å². The molecular formula is C16H13ClN2S. The number of nitrogens with one attached hydrogen (secondary N) is 1. The van der Waals surface area contributed by atoms with E-state index in [9.17, 15) is 0 Å². The minimum Gasteiger partial charge on any atom is -0.379 e. The van der Waals surface area contributed by atoms with Gasteiger partial charge in [-0.3, -0.25) is 0 Å². The molecular weight excluding hydrogens is 288 g/mol. The Labute approximate surface area is 127 Å². The third kappa shape index (κ3) is 3.18. The van der Waals surface area contributed by atoms with E-state index in [4.69, 9.17) is 11.6 Å². The largest absolute Gasteiger partial charge is 0.379 e. The predicted octanol–water partition coefficient (Wildman–Crippen LogP) is 5.08. The number of nitrogens with zero attached hydrogens (tertiary/aromatic N) is 1. The summed E-state index contributed by atoms with van der Waals surface area (Å²) in [6, 6.07) is 18.5. The second-order valence-corrected chi connectivity index (χ2v) is 5.91. The van der Waals surface area contributed by atoms with Crippen molar-refractivity contribution in [2.45, 2.75) is 6.54 Å². The second-order valence-electron chi connectivity index (χ2n) is 4.36. The Hall–Kier alpha value is -1.84. The molecule has 0 radical (unpaired) electrons. The molecule has 0 atom stereocenters. The first-order chi connectivity index (χ1) is 9.81. The Kier molecular flexibility index (Phi) is 4.00. The number of pyridine rings is 1. The molecule has 2 nitrogen and oxygen atoms in total. The molecule has 0 spiro atoms. The molecule has 4 heteroatoms. The summed E-state index contributed by atoms with van der Waals surface area (Å²) in [5, 5.41) is 3.85. The standard InChI is InChI=1S/C16H13ClN2S/c17-16-9-6-13(10-19-16)18-11-14-7-8-15(20-14)12-4-2-1-3-5-12/h1-10,18H,11H2. The summed E-state index contributed by atoms with van der Waals surface area (Å²) in [5.74, 6) is 0. The van der Waals surface area contributed by atoms with E-state index in [1.165, 1.54) is 15.3 Å². The Balaban J connectivity index is 1.67. The SMILES string of the molecule is Clc1ccc(NCc2ccc(-c3ccccc3)s2)cn1. The number of benzene rings is 1. The summed E-state index contributed by atoms with van der Waals surface area (Å²) in [6.45, 7) is 0.792. The van der Waals surface area contributed by atoms with Gasteiger partial charge >= 0.3 is 0 Å². The minimum absolute atomic E-state index is 0.512. The molecule has 0 amide bonds. The van der Waals surface area contributed by atoms with Gasteiger partial charge in [-0.05, 0) is 29.8 Å². The highest BCUT2D eigenvalue weighted by molar-refractivity contribution is 7.15. The van der Waals surface area contributed by atoms with Crippen LogP contribution < -0.4 is 5.32 Å². The van der Waals surface area contributed by atoms with Crippen molar-refractivity contribution < 1.29 is 0 Å². The molecule has 0 aliphatic rings. The van der Waals surface area contributed by atoms with Gasteiger partial charge in [-0.2, -0.15) is 0 Å². The molecule has 0 saturated carbocycles. The van der Waals surface area contributed by atoms with Gasteiger partial charge in [0.1, 0.15) is 5.15 Å². The van der Waals surface area contributed by atoms with Gasteiger partial charge in [0.2, 0.25) is 0 Å². The molecule has 0 aliphatic carbocycles. The summed E-state index contributed by atoms with van der Waals surface area (Å²) in [7, 11) is 0. The highest BCUT2D eigenvalue weighted by atomic mass is 35.5. The maximum absolute atomic E-state index is 5.76. The number of anilines is 1. The van der Waals surface area contributed by atoms with Gasteiger partial charge in [0.25, 0.3) is 0 Å². The molecule has 3 aromatic rings. The fourth-order valence-corrected chi connectivity index (χ4v) is 2.96. The van der Waals surface area contributed by atoms with Crippen LogP contribution in [0.1, 0.15) is 4.88 Å². The summed E-state index contributed by atoms with van der Waals surface area (Å²) in [4.78, 5) is 6.63. The van der Waals surface area contributed by atoms with Gasteiger partial charge in [-0.25, -0.2) is 4.98 Å². The van der Waals surface area contributed by atoms with E-state index in [1.54, 1.807) is 23.6 Å². The van der Waals surface area contributed by atoms with E-state index >= 15 is 0 Å². The van der Waals surface area contributed by atoms with E-state index in [2.05, 4.69) is 46.7 Å². The van der Waals surface area contributed by atoms with Crippen molar-refractivity contribution in [1.29, 1.82) is 0 Å². The molecule has 0 fully saturated rings. The zero-order valence-electron chi connectivity index (χ0n) is 10.7. The topological polar surface area (TPSA) is 24.9 Å². The fourth-order valence-electron chi connectivity index (χ4n) is 1.90. The van der Waals surface area contributed by atoms with E-state index < -0.39 is 0 Å². The van der Waals surface area contributed by atoms with Crippen molar-refractivity contribution in [1.82, 2.24) is 4.98 Å². The lowest BCUT2D eigenvalue weighted by molar-refractivity contribution is 1.17. The van der Waals surface area contributed by atoms with Crippen LogP contribution in [-0.2, 0) is 6.54 Å². The molecule has 0 unspecified atom stereocenters. The first-order valence-corrected chi connectivity index (χ1v) is 7.50. The van der Waals surface area contributed by atoms with E-state index in [0.717, 1.165) is 12.2 Å². The first kappa shape index (κ1) is 13.2. The summed E-state index contributed by atoms with van der Waals surface area (Å²) >= 11 is 7.56. The van der Waals surface area contributed by atoms with Gasteiger partial charge in [0, 0.05) is 16.3 Å². The van der Waals surface area contributed by atoms with Crippen LogP contribution in [0.5, 0.6) is 0 Å². The maximum atomic E-state index is 5.76. The van der Waals surface area contributed by atoms with E-state index in [1.807, 2.05) is 12.1 Å². The Morgan fingerprint density at radius 2 is 1.85 bits per heavy atom. The van der Waals surface area contributed by atoms with Gasteiger partial charge in [-0.15, -0.1) is 11.3 Å². The van der Waals surface area contributed by atoms with Gasteiger partial charge in [-0.1, -0.05) is 41.9 Å². The van der Waals surface area contributed by atoms with Gasteiger partial charge in [0.15, 0.2) is 0 Å². The molecule has 20 heavy (non-hydrogen) atoms. The second kappa shape index (κ2) is 6.07. The fraction of sp³-hybridized carbons (Fsp3) is 0.0625. The van der Waals surface area contributed by atoms with Crippen LogP contribution in [-0.4, -0.2) is 4.98 Å². The van der Waals surface area contributed by atoms with Crippen LogP contribution >= 0.6 is 22.9 Å². The summed E-state index contributed by atoms with van der Waals surface area (Å²) in [5.41, 5.74) is 2.24. The highest BCUT2D eigenvalue weighted by Gasteiger charge is 2.02. The molecule has 0 aliphatic heterocycles. The smallest absolute Gasteiger partial charge is 0.129 e.